The second-order valence-corrected chi connectivity index (χ2v) is 5.00. The van der Waals surface area contributed by atoms with Crippen LogP contribution in [0.2, 0.25) is 0 Å². The van der Waals surface area contributed by atoms with Gasteiger partial charge in [-0.25, -0.2) is 0 Å². The molecular weight excluding hydrogens is 248 g/mol. The number of ether oxygens (including phenoxy) is 1. The van der Waals surface area contributed by atoms with Crippen molar-refractivity contribution in [1.29, 1.82) is 0 Å². The molecule has 1 aliphatic heterocycles. The van der Waals surface area contributed by atoms with E-state index in [1.54, 1.807) is 12.2 Å². The van der Waals surface area contributed by atoms with E-state index >= 15 is 0 Å². The Kier molecular flexibility index (Phi) is 4.93. The Morgan fingerprint density at radius 3 is 2.68 bits per heavy atom. The minimum Gasteiger partial charge on any atom is -0.481 e. The zero-order chi connectivity index (χ0) is 13.7. The molecule has 1 aliphatic carbocycles. The van der Waals surface area contributed by atoms with E-state index in [0.29, 0.717) is 6.42 Å². The standard InChI is InChI=1S/C13H20N2O4/c16-12(8-19-11-3-5-14-6-4-11)15-10-2-1-9(7-10)13(17)18/h1-2,9-11,14H,3-8H2,(H,15,16)(H,17,18). The number of rotatable bonds is 5. The minimum atomic E-state index is -0.848. The Hall–Kier alpha value is -1.40. The lowest BCUT2D eigenvalue weighted by Gasteiger charge is -2.23. The molecular formula is C13H20N2O4. The molecule has 3 N–H and O–H groups in total. The van der Waals surface area contributed by atoms with Crippen LogP contribution in [0.1, 0.15) is 19.3 Å². The van der Waals surface area contributed by atoms with Gasteiger partial charge in [0.25, 0.3) is 0 Å². The molecule has 0 spiro atoms. The summed E-state index contributed by atoms with van der Waals surface area (Å²) in [6.45, 7) is 1.91. The van der Waals surface area contributed by atoms with Crippen molar-refractivity contribution in [3.8, 4) is 0 Å². The first-order valence-electron chi connectivity index (χ1n) is 6.68. The SMILES string of the molecule is O=C(COC1CCNCC1)NC1C=CC(C(=O)O)C1. The predicted octanol–water partition coefficient (Wildman–Crippen LogP) is -0.0995. The van der Waals surface area contributed by atoms with E-state index in [2.05, 4.69) is 10.6 Å². The number of nitrogens with one attached hydrogen (secondary N) is 2. The van der Waals surface area contributed by atoms with Gasteiger partial charge in [0.2, 0.25) is 5.91 Å². The molecule has 0 aromatic carbocycles. The Morgan fingerprint density at radius 2 is 2.05 bits per heavy atom. The summed E-state index contributed by atoms with van der Waals surface area (Å²) in [6.07, 6.45) is 5.80. The van der Waals surface area contributed by atoms with Gasteiger partial charge < -0.3 is 20.5 Å². The van der Waals surface area contributed by atoms with E-state index in [9.17, 15) is 9.59 Å². The highest BCUT2D eigenvalue weighted by Gasteiger charge is 2.25. The number of carboxylic acid groups (broad SMARTS) is 1. The van der Waals surface area contributed by atoms with E-state index in [1.807, 2.05) is 0 Å². The topological polar surface area (TPSA) is 87.7 Å². The summed E-state index contributed by atoms with van der Waals surface area (Å²) in [4.78, 5) is 22.5. The molecule has 19 heavy (non-hydrogen) atoms. The van der Waals surface area contributed by atoms with Crippen molar-refractivity contribution in [3.05, 3.63) is 12.2 Å². The predicted molar refractivity (Wildman–Crippen MR) is 68.7 cm³/mol. The summed E-state index contributed by atoms with van der Waals surface area (Å²) >= 11 is 0. The van der Waals surface area contributed by atoms with Crippen LogP contribution in [0.3, 0.4) is 0 Å². The van der Waals surface area contributed by atoms with Crippen LogP contribution in [-0.4, -0.2) is 48.8 Å². The van der Waals surface area contributed by atoms with Crippen molar-refractivity contribution in [2.75, 3.05) is 19.7 Å². The highest BCUT2D eigenvalue weighted by atomic mass is 16.5. The van der Waals surface area contributed by atoms with Crippen LogP contribution in [0.15, 0.2) is 12.2 Å². The zero-order valence-electron chi connectivity index (χ0n) is 10.8. The Balaban J connectivity index is 1.65. The molecule has 0 saturated carbocycles. The molecule has 2 aliphatic rings. The quantitative estimate of drug-likeness (QED) is 0.606. The van der Waals surface area contributed by atoms with Crippen molar-refractivity contribution >= 4 is 11.9 Å². The van der Waals surface area contributed by atoms with Crippen LogP contribution in [0.5, 0.6) is 0 Å². The first-order chi connectivity index (χ1) is 9.15. The molecule has 2 atom stereocenters. The van der Waals surface area contributed by atoms with Crippen LogP contribution in [-0.2, 0) is 14.3 Å². The number of carbonyl (C=O) groups excluding carboxylic acids is 1. The lowest BCUT2D eigenvalue weighted by Crippen LogP contribution is -2.38. The fourth-order valence-electron chi connectivity index (χ4n) is 2.39. The zero-order valence-corrected chi connectivity index (χ0v) is 10.8. The van der Waals surface area contributed by atoms with Crippen LogP contribution in [0.25, 0.3) is 0 Å². The second kappa shape index (κ2) is 6.68. The minimum absolute atomic E-state index is 0.0484. The summed E-state index contributed by atoms with van der Waals surface area (Å²) in [5.74, 6) is -1.52. The average molecular weight is 268 g/mol. The van der Waals surface area contributed by atoms with E-state index in [4.69, 9.17) is 9.84 Å². The van der Waals surface area contributed by atoms with Crippen molar-refractivity contribution in [2.45, 2.75) is 31.4 Å². The van der Waals surface area contributed by atoms with Crippen molar-refractivity contribution < 1.29 is 19.4 Å². The molecule has 1 saturated heterocycles. The maximum Gasteiger partial charge on any atom is 0.310 e. The fourth-order valence-corrected chi connectivity index (χ4v) is 2.39. The van der Waals surface area contributed by atoms with Gasteiger partial charge in [-0.1, -0.05) is 12.2 Å². The van der Waals surface area contributed by atoms with Gasteiger partial charge in [0.05, 0.1) is 12.0 Å². The van der Waals surface area contributed by atoms with Gasteiger partial charge >= 0.3 is 5.97 Å². The molecule has 2 unspecified atom stereocenters. The molecule has 0 radical (unpaired) electrons. The monoisotopic (exact) mass is 268 g/mol. The number of carbonyl (C=O) groups is 2. The smallest absolute Gasteiger partial charge is 0.310 e. The number of hydrogen-bond donors (Lipinski definition) is 3. The number of aliphatic carboxylic acids is 1. The fraction of sp³-hybridized carbons (Fsp3) is 0.692. The second-order valence-electron chi connectivity index (χ2n) is 5.00. The van der Waals surface area contributed by atoms with E-state index in [0.717, 1.165) is 25.9 Å². The summed E-state index contributed by atoms with van der Waals surface area (Å²) in [5, 5.41) is 14.8. The van der Waals surface area contributed by atoms with Gasteiger partial charge in [-0.2, -0.15) is 0 Å². The summed E-state index contributed by atoms with van der Waals surface area (Å²) in [6, 6.07) is -0.190. The molecule has 0 bridgehead atoms. The van der Waals surface area contributed by atoms with Crippen LogP contribution in [0.4, 0.5) is 0 Å². The number of carboxylic acids is 1. The van der Waals surface area contributed by atoms with Gasteiger partial charge in [-0.3, -0.25) is 9.59 Å². The molecule has 1 heterocycles. The van der Waals surface area contributed by atoms with Crippen molar-refractivity contribution in [2.24, 2.45) is 5.92 Å². The maximum absolute atomic E-state index is 11.7. The van der Waals surface area contributed by atoms with Crippen molar-refractivity contribution in [1.82, 2.24) is 10.6 Å². The summed E-state index contributed by atoms with van der Waals surface area (Å²) in [5.41, 5.74) is 0. The Morgan fingerprint density at radius 1 is 1.32 bits per heavy atom. The first-order valence-corrected chi connectivity index (χ1v) is 6.68. The molecule has 1 amide bonds. The lowest BCUT2D eigenvalue weighted by atomic mass is 10.1. The van der Waals surface area contributed by atoms with Gasteiger partial charge in [-0.15, -0.1) is 0 Å². The first kappa shape index (κ1) is 14.0. The molecule has 6 heteroatoms. The Bertz CT molecular complexity index is 364. The van der Waals surface area contributed by atoms with Crippen molar-refractivity contribution in [3.63, 3.8) is 0 Å². The third-order valence-corrected chi connectivity index (χ3v) is 3.48. The van der Waals surface area contributed by atoms with E-state index in [-0.39, 0.29) is 24.7 Å². The third-order valence-electron chi connectivity index (χ3n) is 3.48. The molecule has 6 nitrogen and oxygen atoms in total. The van der Waals surface area contributed by atoms with Gasteiger partial charge in [0.1, 0.15) is 6.61 Å². The van der Waals surface area contributed by atoms with Gasteiger partial charge in [0, 0.05) is 6.04 Å². The number of hydrogen-bond acceptors (Lipinski definition) is 4. The maximum atomic E-state index is 11.7. The molecule has 0 aromatic rings. The van der Waals surface area contributed by atoms with Crippen LogP contribution < -0.4 is 10.6 Å². The summed E-state index contributed by atoms with van der Waals surface area (Å²) < 4.78 is 5.54. The highest BCUT2D eigenvalue weighted by Crippen LogP contribution is 2.17. The van der Waals surface area contributed by atoms with E-state index < -0.39 is 11.9 Å². The van der Waals surface area contributed by atoms with Crippen LogP contribution >= 0.6 is 0 Å². The van der Waals surface area contributed by atoms with Crippen LogP contribution in [0, 0.1) is 5.92 Å². The lowest BCUT2D eigenvalue weighted by molar-refractivity contribution is -0.140. The van der Waals surface area contributed by atoms with Gasteiger partial charge in [-0.05, 0) is 32.4 Å². The largest absolute Gasteiger partial charge is 0.481 e. The normalized spacial score (nSPS) is 27.4. The Labute approximate surface area is 112 Å². The summed E-state index contributed by atoms with van der Waals surface area (Å²) in [7, 11) is 0. The van der Waals surface area contributed by atoms with E-state index in [1.165, 1.54) is 0 Å². The highest BCUT2D eigenvalue weighted by molar-refractivity contribution is 5.78. The number of piperidine rings is 1. The molecule has 2 rings (SSSR count). The molecule has 1 fully saturated rings. The number of amides is 1. The average Bonchev–Trinajstić information content (AvgIpc) is 2.86. The molecule has 0 aromatic heterocycles. The molecule has 106 valence electrons. The van der Waals surface area contributed by atoms with Gasteiger partial charge in [0.15, 0.2) is 0 Å². The third kappa shape index (κ3) is 4.33.